The molecule has 18 nitrogen and oxygen atoms in total. The van der Waals surface area contributed by atoms with Gasteiger partial charge in [-0.25, -0.2) is 0 Å². The van der Waals surface area contributed by atoms with Crippen LogP contribution in [0, 0.1) is 21.6 Å². The Kier molecular flexibility index (Phi) is 15.6. The summed E-state index contributed by atoms with van der Waals surface area (Å²) < 4.78 is 35.6. The van der Waals surface area contributed by atoms with Crippen LogP contribution in [-0.4, -0.2) is 121 Å². The minimum atomic E-state index is -0.845. The lowest BCUT2D eigenvalue weighted by atomic mass is 9.98. The molecule has 1 aliphatic heterocycles. The van der Waals surface area contributed by atoms with Crippen LogP contribution in [0.25, 0.3) is 0 Å². The van der Waals surface area contributed by atoms with Gasteiger partial charge in [-0.05, 0) is 0 Å². The molecule has 0 aromatic rings. The van der Waals surface area contributed by atoms with Crippen molar-refractivity contribution in [3.05, 3.63) is 0 Å². The van der Waals surface area contributed by atoms with E-state index in [0.29, 0.717) is 6.54 Å². The zero-order valence-corrected chi connectivity index (χ0v) is 21.0. The fourth-order valence-corrected chi connectivity index (χ4v) is 3.37. The van der Waals surface area contributed by atoms with Crippen molar-refractivity contribution in [1.82, 2.24) is 21.3 Å². The number of guanidine groups is 4. The molecule has 0 unspecified atom stereocenters. The quantitative estimate of drug-likeness (QED) is 0.0448. The van der Waals surface area contributed by atoms with Gasteiger partial charge in [0.05, 0.1) is 33.0 Å². The molecule has 0 amide bonds. The van der Waals surface area contributed by atoms with Gasteiger partial charge in [-0.3, -0.25) is 21.6 Å². The van der Waals surface area contributed by atoms with E-state index in [9.17, 15) is 0 Å². The molecular weight excluding hydrogens is 492 g/mol. The highest BCUT2D eigenvalue weighted by molar-refractivity contribution is 5.75. The Labute approximate surface area is 215 Å². The summed E-state index contributed by atoms with van der Waals surface area (Å²) in [5.41, 5.74) is 21.3. The SMILES string of the molecule is CO[C@H]1O[C@H](COCCNC(=N)N)[C@@H](OCCNC(=N)N)[C@H](OCCNC(=N)N)[C@H]1OCCNC(=N)N. The van der Waals surface area contributed by atoms with E-state index in [1.54, 1.807) is 0 Å². The third-order valence-corrected chi connectivity index (χ3v) is 4.85. The highest BCUT2D eigenvalue weighted by atomic mass is 16.7. The van der Waals surface area contributed by atoms with Gasteiger partial charge in [0.2, 0.25) is 0 Å². The van der Waals surface area contributed by atoms with Crippen LogP contribution in [0.15, 0.2) is 0 Å². The first kappa shape index (κ1) is 31.9. The van der Waals surface area contributed by atoms with Gasteiger partial charge in [0.15, 0.2) is 30.1 Å². The molecule has 0 spiro atoms. The van der Waals surface area contributed by atoms with Crippen molar-refractivity contribution >= 4 is 23.8 Å². The number of hydrogen-bond acceptors (Lipinski definition) is 10. The van der Waals surface area contributed by atoms with Gasteiger partial charge < -0.3 is 72.6 Å². The van der Waals surface area contributed by atoms with Gasteiger partial charge in [-0.2, -0.15) is 0 Å². The predicted octanol–water partition coefficient (Wildman–Crippen LogP) is -4.54. The van der Waals surface area contributed by atoms with Crippen molar-refractivity contribution in [3.63, 3.8) is 0 Å². The number of hydrogen-bond donors (Lipinski definition) is 12. The number of methoxy groups -OCH3 is 1. The summed E-state index contributed by atoms with van der Waals surface area (Å²) in [5, 5.41) is 39.8. The lowest BCUT2D eigenvalue weighted by molar-refractivity contribution is -0.317. The van der Waals surface area contributed by atoms with E-state index in [1.807, 2.05) is 0 Å². The summed E-state index contributed by atoms with van der Waals surface area (Å²) in [4.78, 5) is 0. The molecule has 1 saturated heterocycles. The van der Waals surface area contributed by atoms with Crippen molar-refractivity contribution in [3.8, 4) is 0 Å². The van der Waals surface area contributed by atoms with Gasteiger partial charge in [0.1, 0.15) is 24.4 Å². The lowest BCUT2D eigenvalue weighted by Gasteiger charge is -2.45. The van der Waals surface area contributed by atoms with Crippen molar-refractivity contribution in [2.75, 3.05) is 66.3 Å². The molecule has 0 radical (unpaired) electrons. The minimum Gasteiger partial charge on any atom is -0.377 e. The van der Waals surface area contributed by atoms with Crippen molar-refractivity contribution < 1.29 is 28.4 Å². The van der Waals surface area contributed by atoms with Gasteiger partial charge in [-0.15, -0.1) is 0 Å². The molecule has 0 bridgehead atoms. The first-order chi connectivity index (χ1) is 17.6. The van der Waals surface area contributed by atoms with Gasteiger partial charge in [0.25, 0.3) is 0 Å². The molecule has 37 heavy (non-hydrogen) atoms. The molecule has 18 heteroatoms. The summed E-state index contributed by atoms with van der Waals surface area (Å²) in [7, 11) is 1.47. The van der Waals surface area contributed by atoms with E-state index < -0.39 is 30.7 Å². The van der Waals surface area contributed by atoms with Crippen LogP contribution in [0.3, 0.4) is 0 Å². The summed E-state index contributed by atoms with van der Waals surface area (Å²) in [6.07, 6.45) is -3.62. The number of nitrogens with two attached hydrogens (primary N) is 4. The smallest absolute Gasteiger partial charge is 0.186 e. The Morgan fingerprint density at radius 3 is 1.49 bits per heavy atom. The Morgan fingerprint density at radius 1 is 0.649 bits per heavy atom. The first-order valence-electron chi connectivity index (χ1n) is 11.6. The van der Waals surface area contributed by atoms with Crippen LogP contribution in [0.4, 0.5) is 0 Å². The van der Waals surface area contributed by atoms with Gasteiger partial charge >= 0.3 is 0 Å². The van der Waals surface area contributed by atoms with Crippen LogP contribution >= 0.6 is 0 Å². The lowest BCUT2D eigenvalue weighted by Crippen LogP contribution is -2.62. The molecule has 0 aliphatic carbocycles. The van der Waals surface area contributed by atoms with Crippen LogP contribution in [0.2, 0.25) is 0 Å². The average Bonchev–Trinajstić information content (AvgIpc) is 2.82. The van der Waals surface area contributed by atoms with Gasteiger partial charge in [0, 0.05) is 33.3 Å². The highest BCUT2D eigenvalue weighted by Gasteiger charge is 2.48. The largest absolute Gasteiger partial charge is 0.377 e. The molecule has 0 aromatic heterocycles. The molecule has 0 aromatic carbocycles. The third kappa shape index (κ3) is 13.6. The van der Waals surface area contributed by atoms with Crippen molar-refractivity contribution in [1.29, 1.82) is 21.6 Å². The Morgan fingerprint density at radius 2 is 1.05 bits per heavy atom. The average molecular weight is 535 g/mol. The van der Waals surface area contributed by atoms with Crippen molar-refractivity contribution in [2.24, 2.45) is 22.9 Å². The Bertz CT molecular complexity index is 717. The third-order valence-electron chi connectivity index (χ3n) is 4.85. The van der Waals surface area contributed by atoms with Crippen molar-refractivity contribution in [2.45, 2.75) is 30.7 Å². The summed E-state index contributed by atoms with van der Waals surface area (Å²) in [6, 6.07) is 0. The van der Waals surface area contributed by atoms with Crippen LogP contribution in [0.1, 0.15) is 0 Å². The monoisotopic (exact) mass is 534 g/mol. The minimum absolute atomic E-state index is 0.106. The molecule has 1 heterocycles. The number of ether oxygens (including phenoxy) is 6. The zero-order valence-electron chi connectivity index (χ0n) is 21.0. The second-order valence-corrected chi connectivity index (χ2v) is 7.72. The fraction of sp³-hybridized carbons (Fsp3) is 0.789. The van der Waals surface area contributed by atoms with Crippen LogP contribution < -0.4 is 44.2 Å². The second-order valence-electron chi connectivity index (χ2n) is 7.72. The van der Waals surface area contributed by atoms with Crippen LogP contribution in [0.5, 0.6) is 0 Å². The standard InChI is InChI=1S/C19H42N12O6/c1-32-15-14(36-9-5-31-19(26)27)13(35-8-4-30-18(24)25)12(34-7-3-29-17(22)23)11(37-15)10-33-6-2-28-16(20)21/h11-15H,2-10H2,1H3,(H4,20,21,28)(H4,22,23,29)(H4,24,25,30)(H4,26,27,31)/t11-,12-,13+,14-,15+/m1/s1. The Hall–Kier alpha value is -3.16. The molecule has 5 atom stereocenters. The normalized spacial score (nSPS) is 23.1. The van der Waals surface area contributed by atoms with Crippen LogP contribution in [-0.2, 0) is 28.4 Å². The summed E-state index contributed by atoms with van der Waals surface area (Å²) in [6.45, 7) is 1.97. The van der Waals surface area contributed by atoms with E-state index in [-0.39, 0.29) is 76.5 Å². The fourth-order valence-electron chi connectivity index (χ4n) is 3.37. The summed E-state index contributed by atoms with van der Waals surface area (Å²) >= 11 is 0. The zero-order chi connectivity index (χ0) is 27.6. The highest BCUT2D eigenvalue weighted by Crippen LogP contribution is 2.29. The first-order valence-corrected chi connectivity index (χ1v) is 11.6. The van der Waals surface area contributed by atoms with E-state index >= 15 is 0 Å². The van der Waals surface area contributed by atoms with E-state index in [4.69, 9.17) is 73.0 Å². The Balaban J connectivity index is 3.01. The maximum atomic E-state index is 7.33. The molecular formula is C19H42N12O6. The molecule has 214 valence electrons. The summed E-state index contributed by atoms with van der Waals surface area (Å²) in [5.74, 6) is -0.737. The topological polar surface area (TPSA) is 303 Å². The molecule has 1 fully saturated rings. The van der Waals surface area contributed by atoms with Gasteiger partial charge in [-0.1, -0.05) is 0 Å². The number of nitrogens with one attached hydrogen (secondary N) is 8. The van der Waals surface area contributed by atoms with E-state index in [2.05, 4.69) is 21.3 Å². The molecule has 1 aliphatic rings. The molecule has 1 rings (SSSR count). The van der Waals surface area contributed by atoms with E-state index in [1.165, 1.54) is 7.11 Å². The maximum Gasteiger partial charge on any atom is 0.186 e. The molecule has 16 N–H and O–H groups in total. The second kappa shape index (κ2) is 18.1. The predicted molar refractivity (Wildman–Crippen MR) is 135 cm³/mol. The number of rotatable bonds is 18. The maximum absolute atomic E-state index is 7.33. The van der Waals surface area contributed by atoms with E-state index in [0.717, 1.165) is 0 Å². The molecule has 0 saturated carbocycles.